The van der Waals surface area contributed by atoms with Gasteiger partial charge in [0.2, 0.25) is 5.91 Å². The quantitative estimate of drug-likeness (QED) is 0.613. The fourth-order valence-electron chi connectivity index (χ4n) is 3.58. The molecule has 144 valence electrons. The van der Waals surface area contributed by atoms with Crippen LogP contribution in [-0.4, -0.2) is 34.5 Å². The fraction of sp³-hybridized carbons (Fsp3) is 0.304. The number of esters is 1. The van der Waals surface area contributed by atoms with E-state index in [1.54, 1.807) is 6.20 Å². The van der Waals surface area contributed by atoms with Crippen molar-refractivity contribution in [1.29, 1.82) is 0 Å². The molecule has 0 unspecified atom stereocenters. The maximum Gasteiger partial charge on any atom is 0.340 e. The molecule has 3 aromatic rings. The largest absolute Gasteiger partial charge is 0.465 e. The Bertz CT molecular complexity index is 1020. The molecule has 0 aliphatic heterocycles. The van der Waals surface area contributed by atoms with Gasteiger partial charge in [-0.2, -0.15) is 0 Å². The van der Waals surface area contributed by atoms with Crippen LogP contribution in [-0.2, 0) is 22.6 Å². The Kier molecular flexibility index (Phi) is 4.90. The molecule has 0 atom stereocenters. The molecule has 0 bridgehead atoms. The third-order valence-electron chi connectivity index (χ3n) is 5.28. The second-order valence-corrected chi connectivity index (χ2v) is 7.42. The van der Waals surface area contributed by atoms with Gasteiger partial charge < -0.3 is 14.2 Å². The molecule has 5 nitrogen and oxygen atoms in total. The number of hydrogen-bond acceptors (Lipinski definition) is 3. The molecule has 0 radical (unpaired) electrons. The predicted molar refractivity (Wildman–Crippen MR) is 108 cm³/mol. The summed E-state index contributed by atoms with van der Waals surface area (Å²) in [4.78, 5) is 27.2. The van der Waals surface area contributed by atoms with E-state index in [0.717, 1.165) is 29.3 Å². The van der Waals surface area contributed by atoms with Gasteiger partial charge in [0.25, 0.3) is 0 Å². The molecule has 28 heavy (non-hydrogen) atoms. The number of aromatic nitrogens is 1. The van der Waals surface area contributed by atoms with Crippen molar-refractivity contribution in [3.05, 3.63) is 71.4 Å². The summed E-state index contributed by atoms with van der Waals surface area (Å²) in [5.74, 6) is -0.318. The van der Waals surface area contributed by atoms with Crippen LogP contribution < -0.4 is 0 Å². The van der Waals surface area contributed by atoms with Gasteiger partial charge in [0.1, 0.15) is 6.54 Å². The van der Waals surface area contributed by atoms with E-state index in [4.69, 9.17) is 4.74 Å². The third kappa shape index (κ3) is 3.65. The van der Waals surface area contributed by atoms with E-state index in [0.29, 0.717) is 18.2 Å². The average molecular weight is 376 g/mol. The SMILES string of the molecule is COC(=O)c1cn(CC(=O)N(Cc2ccc(C)cc2)C2CC2)c2ccccc12. The van der Waals surface area contributed by atoms with Crippen LogP contribution in [0.3, 0.4) is 0 Å². The van der Waals surface area contributed by atoms with Gasteiger partial charge in [0, 0.05) is 29.7 Å². The molecular weight excluding hydrogens is 352 g/mol. The van der Waals surface area contributed by atoms with Gasteiger partial charge in [-0.25, -0.2) is 4.79 Å². The van der Waals surface area contributed by atoms with Crippen LogP contribution in [0.4, 0.5) is 0 Å². The molecule has 1 saturated carbocycles. The van der Waals surface area contributed by atoms with Crippen molar-refractivity contribution in [3.8, 4) is 0 Å². The van der Waals surface area contributed by atoms with Gasteiger partial charge >= 0.3 is 5.97 Å². The van der Waals surface area contributed by atoms with Crippen LogP contribution in [0.5, 0.6) is 0 Å². The van der Waals surface area contributed by atoms with Crippen LogP contribution in [0.1, 0.15) is 34.3 Å². The van der Waals surface area contributed by atoms with Crippen molar-refractivity contribution in [2.45, 2.75) is 38.9 Å². The van der Waals surface area contributed by atoms with Crippen molar-refractivity contribution >= 4 is 22.8 Å². The van der Waals surface area contributed by atoms with E-state index >= 15 is 0 Å². The highest BCUT2D eigenvalue weighted by Gasteiger charge is 2.32. The second kappa shape index (κ2) is 7.50. The summed E-state index contributed by atoms with van der Waals surface area (Å²) < 4.78 is 6.75. The Labute approximate surface area is 164 Å². The van der Waals surface area contributed by atoms with Crippen LogP contribution in [0.2, 0.25) is 0 Å². The molecule has 2 aromatic carbocycles. The molecule has 1 fully saturated rings. The number of carbonyl (C=O) groups is 2. The molecule has 1 heterocycles. The zero-order valence-electron chi connectivity index (χ0n) is 16.2. The Hall–Kier alpha value is -3.08. The lowest BCUT2D eigenvalue weighted by Gasteiger charge is -2.23. The van der Waals surface area contributed by atoms with E-state index in [2.05, 4.69) is 31.2 Å². The summed E-state index contributed by atoms with van der Waals surface area (Å²) >= 11 is 0. The summed E-state index contributed by atoms with van der Waals surface area (Å²) in [5, 5.41) is 0.804. The van der Waals surface area contributed by atoms with Crippen LogP contribution in [0, 0.1) is 6.92 Å². The van der Waals surface area contributed by atoms with Crippen molar-refractivity contribution in [1.82, 2.24) is 9.47 Å². The average Bonchev–Trinajstić information content (AvgIpc) is 3.49. The molecule has 1 aliphatic carbocycles. The van der Waals surface area contributed by atoms with Crippen molar-refractivity contribution < 1.29 is 14.3 Å². The summed E-state index contributed by atoms with van der Waals surface area (Å²) in [6.07, 6.45) is 3.83. The number of carbonyl (C=O) groups excluding carboxylic acids is 2. The number of ether oxygens (including phenoxy) is 1. The number of aryl methyl sites for hydroxylation is 1. The zero-order valence-corrected chi connectivity index (χ0v) is 16.2. The highest BCUT2D eigenvalue weighted by Crippen LogP contribution is 2.29. The maximum atomic E-state index is 13.1. The lowest BCUT2D eigenvalue weighted by Crippen LogP contribution is -2.35. The standard InChI is InChI=1S/C23H24N2O3/c1-16-7-9-17(10-8-16)13-25(18-11-12-18)22(26)15-24-14-20(23(27)28-2)19-5-3-4-6-21(19)24/h3-10,14,18H,11-13,15H2,1-2H3. The van der Waals surface area contributed by atoms with Gasteiger partial charge in [-0.05, 0) is 31.4 Å². The van der Waals surface area contributed by atoms with Gasteiger partial charge in [-0.1, -0.05) is 48.0 Å². The Morgan fingerprint density at radius 1 is 1.11 bits per heavy atom. The van der Waals surface area contributed by atoms with Crippen LogP contribution in [0.25, 0.3) is 10.9 Å². The number of hydrogen-bond donors (Lipinski definition) is 0. The number of benzene rings is 2. The fourth-order valence-corrected chi connectivity index (χ4v) is 3.58. The summed E-state index contributed by atoms with van der Waals surface area (Å²) in [6, 6.07) is 16.2. The molecular formula is C23H24N2O3. The van der Waals surface area contributed by atoms with Gasteiger partial charge in [-0.15, -0.1) is 0 Å². The molecule has 5 heteroatoms. The number of para-hydroxylation sites is 1. The van der Waals surface area contributed by atoms with Crippen molar-refractivity contribution in [2.24, 2.45) is 0 Å². The predicted octanol–water partition coefficient (Wildman–Crippen LogP) is 3.93. The molecule has 0 N–H and O–H groups in total. The minimum atomic E-state index is -0.388. The lowest BCUT2D eigenvalue weighted by molar-refractivity contribution is -0.133. The number of methoxy groups -OCH3 is 1. The van der Waals surface area contributed by atoms with E-state index in [1.165, 1.54) is 12.7 Å². The molecule has 0 spiro atoms. The minimum Gasteiger partial charge on any atom is -0.465 e. The zero-order chi connectivity index (χ0) is 19.7. The van der Waals surface area contributed by atoms with Crippen molar-refractivity contribution in [3.63, 3.8) is 0 Å². The smallest absolute Gasteiger partial charge is 0.340 e. The molecule has 0 saturated heterocycles. The van der Waals surface area contributed by atoms with Gasteiger partial charge in [0.15, 0.2) is 0 Å². The topological polar surface area (TPSA) is 51.5 Å². The number of rotatable bonds is 6. The number of amides is 1. The van der Waals surface area contributed by atoms with Gasteiger partial charge in [0.05, 0.1) is 12.7 Å². The molecule has 4 rings (SSSR count). The van der Waals surface area contributed by atoms with E-state index in [1.807, 2.05) is 33.7 Å². The first-order chi connectivity index (χ1) is 13.6. The second-order valence-electron chi connectivity index (χ2n) is 7.42. The highest BCUT2D eigenvalue weighted by molar-refractivity contribution is 6.04. The summed E-state index contributed by atoms with van der Waals surface area (Å²) in [5.41, 5.74) is 3.70. The van der Waals surface area contributed by atoms with Crippen molar-refractivity contribution in [2.75, 3.05) is 7.11 Å². The lowest BCUT2D eigenvalue weighted by atomic mass is 10.1. The normalized spacial score (nSPS) is 13.5. The van der Waals surface area contributed by atoms with E-state index in [9.17, 15) is 9.59 Å². The first-order valence-electron chi connectivity index (χ1n) is 9.58. The Morgan fingerprint density at radius 2 is 1.82 bits per heavy atom. The molecule has 1 amide bonds. The molecule has 1 aliphatic rings. The number of fused-ring (bicyclic) bond motifs is 1. The maximum absolute atomic E-state index is 13.1. The summed E-state index contributed by atoms with van der Waals surface area (Å²) in [7, 11) is 1.37. The van der Waals surface area contributed by atoms with E-state index in [-0.39, 0.29) is 18.4 Å². The highest BCUT2D eigenvalue weighted by atomic mass is 16.5. The molecule has 1 aromatic heterocycles. The third-order valence-corrected chi connectivity index (χ3v) is 5.28. The Morgan fingerprint density at radius 3 is 2.50 bits per heavy atom. The Balaban J connectivity index is 1.59. The summed E-state index contributed by atoms with van der Waals surface area (Å²) in [6.45, 7) is 2.89. The van der Waals surface area contributed by atoms with E-state index < -0.39 is 0 Å². The van der Waals surface area contributed by atoms with Gasteiger partial charge in [-0.3, -0.25) is 4.79 Å². The monoisotopic (exact) mass is 376 g/mol. The number of nitrogens with zero attached hydrogens (tertiary/aromatic N) is 2. The van der Waals surface area contributed by atoms with Crippen LogP contribution >= 0.6 is 0 Å². The first-order valence-corrected chi connectivity index (χ1v) is 9.58. The minimum absolute atomic E-state index is 0.0697. The van der Waals surface area contributed by atoms with Crippen LogP contribution in [0.15, 0.2) is 54.7 Å². The first kappa shape index (κ1) is 18.3.